The Morgan fingerprint density at radius 3 is 2.85 bits per heavy atom. The summed E-state index contributed by atoms with van der Waals surface area (Å²) < 4.78 is 20.3. The largest absolute Gasteiger partial charge is 0.490 e. The zero-order chi connectivity index (χ0) is 14.7. The number of carbonyl (C=O) groups is 1. The highest BCUT2D eigenvalue weighted by molar-refractivity contribution is 5.92. The van der Waals surface area contributed by atoms with Crippen LogP contribution >= 0.6 is 0 Å². The average Bonchev–Trinajstić information content (AvgIpc) is 2.87. The third-order valence-electron chi connectivity index (χ3n) is 2.66. The van der Waals surface area contributed by atoms with Crippen LogP contribution in [0.15, 0.2) is 24.5 Å². The Labute approximate surface area is 115 Å². The molecule has 1 aromatic heterocycles. The molecule has 0 saturated carbocycles. The summed E-state index contributed by atoms with van der Waals surface area (Å²) in [6, 6.07) is 2.60. The molecule has 7 heteroatoms. The van der Waals surface area contributed by atoms with Crippen molar-refractivity contribution in [3.8, 4) is 11.4 Å². The smallest absolute Gasteiger partial charge is 0.251 e. The van der Waals surface area contributed by atoms with E-state index in [2.05, 4.69) is 5.10 Å². The van der Waals surface area contributed by atoms with Crippen molar-refractivity contribution in [2.75, 3.05) is 12.3 Å². The lowest BCUT2D eigenvalue weighted by atomic mass is 10.2. The lowest BCUT2D eigenvalue weighted by Crippen LogP contribution is -2.09. The molecule has 0 aliphatic carbocycles. The fraction of sp³-hybridized carbons (Fsp3) is 0.231. The maximum atomic E-state index is 13.7. The molecule has 0 radical (unpaired) electrons. The van der Waals surface area contributed by atoms with Crippen molar-refractivity contribution in [3.05, 3.63) is 35.9 Å². The second-order valence-electron chi connectivity index (χ2n) is 4.23. The van der Waals surface area contributed by atoms with Crippen molar-refractivity contribution >= 4 is 11.6 Å². The Hall–Kier alpha value is -2.57. The van der Waals surface area contributed by atoms with Crippen molar-refractivity contribution < 1.29 is 13.9 Å². The zero-order valence-corrected chi connectivity index (χ0v) is 11.0. The van der Waals surface area contributed by atoms with Gasteiger partial charge in [0.05, 0.1) is 29.7 Å². The minimum absolute atomic E-state index is 0.0900. The number of primary amides is 1. The van der Waals surface area contributed by atoms with Gasteiger partial charge in [0, 0.05) is 18.3 Å². The number of anilines is 1. The molecule has 2 rings (SSSR count). The fourth-order valence-corrected chi connectivity index (χ4v) is 1.66. The van der Waals surface area contributed by atoms with Gasteiger partial charge in [-0.2, -0.15) is 5.10 Å². The number of aromatic nitrogens is 2. The van der Waals surface area contributed by atoms with Crippen molar-refractivity contribution in [1.82, 2.24) is 9.78 Å². The SMILES string of the molecule is CCCOc1cc(-n2cc(C(N)=O)cn2)c(N)cc1F. The predicted octanol–water partition coefficient (Wildman–Crippen LogP) is 1.48. The Morgan fingerprint density at radius 2 is 2.25 bits per heavy atom. The number of halogens is 1. The van der Waals surface area contributed by atoms with Crippen molar-refractivity contribution in [2.45, 2.75) is 13.3 Å². The number of nitrogen functional groups attached to an aromatic ring is 1. The standard InChI is InChI=1S/C13H15FN4O2/c1-2-3-20-12-5-11(10(15)4-9(12)14)18-7-8(6-17-18)13(16)19/h4-7H,2-3,15H2,1H3,(H2,16,19). The maximum absolute atomic E-state index is 13.7. The molecular weight excluding hydrogens is 263 g/mol. The van der Waals surface area contributed by atoms with Crippen LogP contribution < -0.4 is 16.2 Å². The molecule has 0 bridgehead atoms. The number of amides is 1. The maximum Gasteiger partial charge on any atom is 0.251 e. The van der Waals surface area contributed by atoms with Crippen molar-refractivity contribution in [1.29, 1.82) is 0 Å². The molecule has 0 fully saturated rings. The number of carbonyl (C=O) groups excluding carboxylic acids is 1. The first kappa shape index (κ1) is 13.9. The van der Waals surface area contributed by atoms with E-state index in [1.54, 1.807) is 0 Å². The lowest BCUT2D eigenvalue weighted by molar-refractivity contribution is 0.100. The van der Waals surface area contributed by atoms with E-state index in [0.29, 0.717) is 12.3 Å². The number of benzene rings is 1. The molecule has 0 aliphatic rings. The van der Waals surface area contributed by atoms with E-state index in [4.69, 9.17) is 16.2 Å². The lowest BCUT2D eigenvalue weighted by Gasteiger charge is -2.11. The summed E-state index contributed by atoms with van der Waals surface area (Å²) in [4.78, 5) is 11.0. The van der Waals surface area contributed by atoms with Crippen LogP contribution in [0.2, 0.25) is 0 Å². The Bertz CT molecular complexity index is 639. The van der Waals surface area contributed by atoms with E-state index in [9.17, 15) is 9.18 Å². The van der Waals surface area contributed by atoms with Gasteiger partial charge in [0.25, 0.3) is 5.91 Å². The van der Waals surface area contributed by atoms with Crippen LogP contribution in [0.5, 0.6) is 5.75 Å². The average molecular weight is 278 g/mol. The van der Waals surface area contributed by atoms with Crippen LogP contribution in [0.1, 0.15) is 23.7 Å². The fourth-order valence-electron chi connectivity index (χ4n) is 1.66. The molecule has 1 amide bonds. The highest BCUT2D eigenvalue weighted by Gasteiger charge is 2.13. The van der Waals surface area contributed by atoms with Crippen molar-refractivity contribution in [2.24, 2.45) is 5.73 Å². The van der Waals surface area contributed by atoms with Gasteiger partial charge in [0.15, 0.2) is 11.6 Å². The third kappa shape index (κ3) is 2.71. The molecule has 4 N–H and O–H groups in total. The van der Waals surface area contributed by atoms with Crippen LogP contribution in [0.25, 0.3) is 5.69 Å². The second-order valence-corrected chi connectivity index (χ2v) is 4.23. The van der Waals surface area contributed by atoms with Gasteiger partial charge in [-0.3, -0.25) is 4.79 Å². The normalized spacial score (nSPS) is 10.5. The first-order valence-corrected chi connectivity index (χ1v) is 6.09. The van der Waals surface area contributed by atoms with E-state index >= 15 is 0 Å². The summed E-state index contributed by atoms with van der Waals surface area (Å²) >= 11 is 0. The monoisotopic (exact) mass is 278 g/mol. The third-order valence-corrected chi connectivity index (χ3v) is 2.66. The quantitative estimate of drug-likeness (QED) is 0.810. The number of rotatable bonds is 5. The number of nitrogens with zero attached hydrogens (tertiary/aromatic N) is 2. The van der Waals surface area contributed by atoms with E-state index < -0.39 is 11.7 Å². The highest BCUT2D eigenvalue weighted by Crippen LogP contribution is 2.27. The number of nitrogens with two attached hydrogens (primary N) is 2. The minimum atomic E-state index is -0.598. The molecule has 20 heavy (non-hydrogen) atoms. The van der Waals surface area contributed by atoms with Crippen LogP contribution in [-0.4, -0.2) is 22.3 Å². The zero-order valence-electron chi connectivity index (χ0n) is 11.0. The summed E-state index contributed by atoms with van der Waals surface area (Å²) in [5.41, 5.74) is 11.8. The van der Waals surface area contributed by atoms with Gasteiger partial charge in [0.2, 0.25) is 0 Å². The first-order valence-electron chi connectivity index (χ1n) is 6.09. The van der Waals surface area contributed by atoms with Crippen molar-refractivity contribution in [3.63, 3.8) is 0 Å². The summed E-state index contributed by atoms with van der Waals surface area (Å²) in [7, 11) is 0. The summed E-state index contributed by atoms with van der Waals surface area (Å²) in [6.07, 6.45) is 3.50. The van der Waals surface area contributed by atoms with Crippen LogP contribution in [0, 0.1) is 5.82 Å². The van der Waals surface area contributed by atoms with E-state index in [1.807, 2.05) is 6.92 Å². The topological polar surface area (TPSA) is 96.2 Å². The first-order chi connectivity index (χ1) is 9.52. The molecule has 6 nitrogen and oxygen atoms in total. The molecule has 0 saturated heterocycles. The molecule has 0 atom stereocenters. The Morgan fingerprint density at radius 1 is 1.50 bits per heavy atom. The molecule has 1 heterocycles. The highest BCUT2D eigenvalue weighted by atomic mass is 19.1. The summed E-state index contributed by atoms with van der Waals surface area (Å²) in [6.45, 7) is 2.31. The van der Waals surface area contributed by atoms with Gasteiger partial charge < -0.3 is 16.2 Å². The summed E-state index contributed by atoms with van der Waals surface area (Å²) in [5.74, 6) is -1.05. The van der Waals surface area contributed by atoms with Crippen LogP contribution in [0.3, 0.4) is 0 Å². The minimum Gasteiger partial charge on any atom is -0.490 e. The van der Waals surface area contributed by atoms with Gasteiger partial charge in [0.1, 0.15) is 0 Å². The van der Waals surface area contributed by atoms with Gasteiger partial charge in [-0.25, -0.2) is 9.07 Å². The summed E-state index contributed by atoms with van der Waals surface area (Å²) in [5, 5.41) is 3.98. The molecular formula is C13H15FN4O2. The number of hydrogen-bond donors (Lipinski definition) is 2. The molecule has 0 unspecified atom stereocenters. The van der Waals surface area contributed by atoms with E-state index in [-0.39, 0.29) is 17.0 Å². The van der Waals surface area contributed by atoms with E-state index in [1.165, 1.54) is 23.1 Å². The van der Waals surface area contributed by atoms with Crippen LogP contribution in [0.4, 0.5) is 10.1 Å². The van der Waals surface area contributed by atoms with Gasteiger partial charge in [-0.15, -0.1) is 0 Å². The van der Waals surface area contributed by atoms with Crippen LogP contribution in [-0.2, 0) is 0 Å². The Kier molecular flexibility index (Phi) is 3.88. The Balaban J connectivity index is 2.41. The molecule has 0 aliphatic heterocycles. The van der Waals surface area contributed by atoms with Gasteiger partial charge in [-0.1, -0.05) is 6.92 Å². The number of ether oxygens (including phenoxy) is 1. The van der Waals surface area contributed by atoms with Gasteiger partial charge in [-0.05, 0) is 6.42 Å². The second kappa shape index (κ2) is 5.60. The van der Waals surface area contributed by atoms with Gasteiger partial charge >= 0.3 is 0 Å². The molecule has 1 aromatic carbocycles. The van der Waals surface area contributed by atoms with E-state index in [0.717, 1.165) is 12.5 Å². The predicted molar refractivity (Wildman–Crippen MR) is 72.2 cm³/mol. The molecule has 2 aromatic rings. The molecule has 106 valence electrons. The number of hydrogen-bond acceptors (Lipinski definition) is 4. The molecule has 0 spiro atoms.